The Morgan fingerprint density at radius 1 is 1.24 bits per heavy atom. The zero-order valence-corrected chi connectivity index (χ0v) is 11.1. The predicted octanol–water partition coefficient (Wildman–Crippen LogP) is 2.36. The molecule has 0 spiro atoms. The molecule has 2 nitrogen and oxygen atoms in total. The van der Waals surface area contributed by atoms with E-state index in [1.54, 1.807) is 0 Å². The number of aliphatic hydroxyl groups excluding tert-OH is 2. The van der Waals surface area contributed by atoms with E-state index in [9.17, 15) is 10.2 Å². The molecule has 3 fully saturated rings. The maximum absolute atomic E-state index is 10.4. The second kappa shape index (κ2) is 3.16. The number of hydrogen-bond acceptors (Lipinski definition) is 2. The van der Waals surface area contributed by atoms with Crippen molar-refractivity contribution in [2.45, 2.75) is 52.2 Å². The van der Waals surface area contributed by atoms with E-state index in [0.717, 1.165) is 19.3 Å². The van der Waals surface area contributed by atoms with Crippen LogP contribution in [0.2, 0.25) is 0 Å². The van der Waals surface area contributed by atoms with Gasteiger partial charge < -0.3 is 10.2 Å². The summed E-state index contributed by atoms with van der Waals surface area (Å²) < 4.78 is 0. The van der Waals surface area contributed by atoms with Gasteiger partial charge in [0.1, 0.15) is 0 Å². The standard InChI is InChI=1S/C15H24O2/c1-8-12-10(16)7-9-13(12)14(2,3)11(17)5-6-15(8,9)4/h9-13,16-17H,1,5-7H2,2-4H3/t9-,10+,11+,12?,13?,15-/m1/s1. The molecule has 3 aliphatic carbocycles. The van der Waals surface area contributed by atoms with E-state index < -0.39 is 0 Å². The van der Waals surface area contributed by atoms with Crippen LogP contribution < -0.4 is 0 Å². The fraction of sp³-hybridized carbons (Fsp3) is 0.867. The molecule has 3 saturated carbocycles. The van der Waals surface area contributed by atoms with Crippen molar-refractivity contribution in [1.29, 1.82) is 0 Å². The molecule has 0 saturated heterocycles. The summed E-state index contributed by atoms with van der Waals surface area (Å²) in [5.74, 6) is 1.14. The minimum atomic E-state index is -0.238. The monoisotopic (exact) mass is 236 g/mol. The molecule has 96 valence electrons. The summed E-state index contributed by atoms with van der Waals surface area (Å²) in [6.45, 7) is 10.9. The molecule has 0 amide bonds. The lowest BCUT2D eigenvalue weighted by Gasteiger charge is -2.40. The van der Waals surface area contributed by atoms with Crippen LogP contribution in [0, 0.1) is 28.6 Å². The lowest BCUT2D eigenvalue weighted by molar-refractivity contribution is -0.0134. The first-order valence-electron chi connectivity index (χ1n) is 6.85. The van der Waals surface area contributed by atoms with Gasteiger partial charge >= 0.3 is 0 Å². The quantitative estimate of drug-likeness (QED) is 0.634. The number of aliphatic hydroxyl groups is 2. The summed E-state index contributed by atoms with van der Waals surface area (Å²) in [6, 6.07) is 0. The molecule has 0 heterocycles. The van der Waals surface area contributed by atoms with Crippen LogP contribution in [0.3, 0.4) is 0 Å². The molecule has 2 heteroatoms. The molecule has 0 radical (unpaired) electrons. The van der Waals surface area contributed by atoms with E-state index in [2.05, 4.69) is 27.4 Å². The maximum atomic E-state index is 10.4. The topological polar surface area (TPSA) is 40.5 Å². The van der Waals surface area contributed by atoms with Crippen molar-refractivity contribution in [3.05, 3.63) is 12.2 Å². The van der Waals surface area contributed by atoms with Gasteiger partial charge in [-0.1, -0.05) is 32.9 Å². The van der Waals surface area contributed by atoms with Crippen molar-refractivity contribution in [3.8, 4) is 0 Å². The summed E-state index contributed by atoms with van der Waals surface area (Å²) in [4.78, 5) is 0. The van der Waals surface area contributed by atoms with E-state index in [-0.39, 0.29) is 29.0 Å². The smallest absolute Gasteiger partial charge is 0.0611 e. The molecule has 0 aromatic heterocycles. The molecule has 0 aromatic carbocycles. The predicted molar refractivity (Wildman–Crippen MR) is 67.4 cm³/mol. The molecule has 3 aliphatic rings. The summed E-state index contributed by atoms with van der Waals surface area (Å²) in [5, 5.41) is 20.6. The van der Waals surface area contributed by atoms with Gasteiger partial charge in [-0.2, -0.15) is 0 Å². The highest BCUT2D eigenvalue weighted by molar-refractivity contribution is 5.32. The molecule has 0 aromatic rings. The Labute approximate surface area is 104 Å². The Morgan fingerprint density at radius 3 is 2.53 bits per heavy atom. The normalized spacial score (nSPS) is 56.1. The summed E-state index contributed by atoms with van der Waals surface area (Å²) >= 11 is 0. The fourth-order valence-corrected chi connectivity index (χ4v) is 5.13. The molecule has 6 atom stereocenters. The Morgan fingerprint density at radius 2 is 1.88 bits per heavy atom. The van der Waals surface area contributed by atoms with Crippen LogP contribution in [-0.2, 0) is 0 Å². The van der Waals surface area contributed by atoms with E-state index >= 15 is 0 Å². The van der Waals surface area contributed by atoms with E-state index in [4.69, 9.17) is 0 Å². The van der Waals surface area contributed by atoms with Gasteiger partial charge in [-0.05, 0) is 41.9 Å². The summed E-state index contributed by atoms with van der Waals surface area (Å²) in [5.41, 5.74) is 1.32. The summed E-state index contributed by atoms with van der Waals surface area (Å²) in [7, 11) is 0. The lowest BCUT2D eigenvalue weighted by Crippen LogP contribution is -2.39. The second-order valence-corrected chi connectivity index (χ2v) is 7.28. The zero-order chi connectivity index (χ0) is 12.6. The highest BCUT2D eigenvalue weighted by atomic mass is 16.3. The van der Waals surface area contributed by atoms with Gasteiger partial charge in [-0.3, -0.25) is 0 Å². The molecular formula is C15H24O2. The van der Waals surface area contributed by atoms with Crippen LogP contribution in [0.4, 0.5) is 0 Å². The van der Waals surface area contributed by atoms with Crippen LogP contribution in [0.1, 0.15) is 40.0 Å². The second-order valence-electron chi connectivity index (χ2n) is 7.28. The molecular weight excluding hydrogens is 212 g/mol. The van der Waals surface area contributed by atoms with Crippen LogP contribution >= 0.6 is 0 Å². The van der Waals surface area contributed by atoms with Crippen LogP contribution in [0.15, 0.2) is 12.2 Å². The van der Waals surface area contributed by atoms with Gasteiger partial charge in [-0.15, -0.1) is 0 Å². The minimum Gasteiger partial charge on any atom is -0.393 e. The molecule has 3 rings (SSSR count). The Hall–Kier alpha value is -0.340. The van der Waals surface area contributed by atoms with Crippen molar-refractivity contribution in [2.75, 3.05) is 0 Å². The Kier molecular flexibility index (Phi) is 2.18. The zero-order valence-electron chi connectivity index (χ0n) is 11.1. The van der Waals surface area contributed by atoms with Crippen molar-refractivity contribution >= 4 is 0 Å². The van der Waals surface area contributed by atoms with Gasteiger partial charge in [0.15, 0.2) is 0 Å². The van der Waals surface area contributed by atoms with Crippen LogP contribution in [0.25, 0.3) is 0 Å². The first-order chi connectivity index (χ1) is 7.80. The molecule has 4 bridgehead atoms. The van der Waals surface area contributed by atoms with Crippen molar-refractivity contribution in [1.82, 2.24) is 0 Å². The average molecular weight is 236 g/mol. The first kappa shape index (κ1) is 11.7. The molecule has 0 aliphatic heterocycles. The SMILES string of the molecule is C=C1C2C3[C@@H](C[C@@H]2O)[C@]1(C)CC[C@H](O)C3(C)C. The van der Waals surface area contributed by atoms with Gasteiger partial charge in [0.05, 0.1) is 12.2 Å². The number of hydrogen-bond donors (Lipinski definition) is 2. The fourth-order valence-electron chi connectivity index (χ4n) is 5.13. The third kappa shape index (κ3) is 1.18. The third-order valence-corrected chi connectivity index (χ3v) is 6.34. The van der Waals surface area contributed by atoms with E-state index in [1.165, 1.54) is 5.57 Å². The van der Waals surface area contributed by atoms with Crippen LogP contribution in [-0.4, -0.2) is 22.4 Å². The van der Waals surface area contributed by atoms with Gasteiger partial charge in [0, 0.05) is 5.92 Å². The molecule has 2 unspecified atom stereocenters. The molecule has 2 N–H and O–H groups in total. The molecule has 17 heavy (non-hydrogen) atoms. The highest BCUT2D eigenvalue weighted by Crippen LogP contribution is 2.69. The lowest BCUT2D eigenvalue weighted by atomic mass is 9.68. The Bertz CT molecular complexity index is 373. The summed E-state index contributed by atoms with van der Waals surface area (Å²) in [6.07, 6.45) is 2.34. The van der Waals surface area contributed by atoms with Crippen molar-refractivity contribution in [3.63, 3.8) is 0 Å². The number of rotatable bonds is 0. The maximum Gasteiger partial charge on any atom is 0.0611 e. The average Bonchev–Trinajstić information content (AvgIpc) is 2.68. The minimum absolute atomic E-state index is 0.0932. The van der Waals surface area contributed by atoms with Gasteiger partial charge in [0.25, 0.3) is 0 Å². The van der Waals surface area contributed by atoms with E-state index in [1.807, 2.05) is 0 Å². The third-order valence-electron chi connectivity index (χ3n) is 6.34. The largest absolute Gasteiger partial charge is 0.393 e. The van der Waals surface area contributed by atoms with Gasteiger partial charge in [0.2, 0.25) is 0 Å². The van der Waals surface area contributed by atoms with Gasteiger partial charge in [-0.25, -0.2) is 0 Å². The van der Waals surface area contributed by atoms with Crippen molar-refractivity contribution < 1.29 is 10.2 Å². The first-order valence-corrected chi connectivity index (χ1v) is 6.85. The van der Waals surface area contributed by atoms with Crippen molar-refractivity contribution in [2.24, 2.45) is 28.6 Å². The van der Waals surface area contributed by atoms with E-state index in [0.29, 0.717) is 11.8 Å². The highest BCUT2D eigenvalue weighted by Gasteiger charge is 2.66. The Balaban J connectivity index is 2.12. The van der Waals surface area contributed by atoms with Crippen LogP contribution in [0.5, 0.6) is 0 Å².